The molecule has 1 aliphatic rings. The monoisotopic (exact) mass is 372 g/mol. The van der Waals surface area contributed by atoms with Gasteiger partial charge >= 0.3 is 0 Å². The molecule has 5 nitrogen and oxygen atoms in total. The predicted octanol–water partition coefficient (Wildman–Crippen LogP) is 4.48. The fraction of sp³-hybridized carbons (Fsp3) is 0.550. The zero-order chi connectivity index (χ0) is 18.9. The largest absolute Gasteiger partial charge is 0.363 e. The molecule has 1 N–H and O–H groups in total. The molecule has 0 bridgehead atoms. The maximum absolute atomic E-state index is 12.3. The van der Waals surface area contributed by atoms with E-state index in [4.69, 9.17) is 4.98 Å². The Kier molecular flexibility index (Phi) is 5.32. The highest BCUT2D eigenvalue weighted by atomic mass is 32.1. The Balaban J connectivity index is 1.79. The number of aryl methyl sites for hydroxylation is 3. The number of thiazole rings is 1. The van der Waals surface area contributed by atoms with Crippen LogP contribution >= 0.6 is 11.3 Å². The van der Waals surface area contributed by atoms with Crippen LogP contribution in [0.15, 0.2) is 12.3 Å². The van der Waals surface area contributed by atoms with Crippen molar-refractivity contribution in [2.24, 2.45) is 5.41 Å². The van der Waals surface area contributed by atoms with Crippen molar-refractivity contribution in [3.63, 3.8) is 0 Å². The highest BCUT2D eigenvalue weighted by Crippen LogP contribution is 2.31. The molecule has 26 heavy (non-hydrogen) atoms. The van der Waals surface area contributed by atoms with Gasteiger partial charge in [0.25, 0.3) is 0 Å². The topological polar surface area (TPSA) is 58.1 Å². The number of carbonyl (C=O) groups is 1. The minimum absolute atomic E-state index is 0.0268. The molecule has 0 spiro atoms. The number of anilines is 2. The lowest BCUT2D eigenvalue weighted by molar-refractivity contribution is -0.117. The van der Waals surface area contributed by atoms with Crippen LogP contribution < -0.4 is 10.2 Å². The van der Waals surface area contributed by atoms with E-state index in [0.29, 0.717) is 12.2 Å². The third-order valence-corrected chi connectivity index (χ3v) is 5.29. The number of aromatic nitrogens is 2. The summed E-state index contributed by atoms with van der Waals surface area (Å²) >= 11 is 1.75. The highest BCUT2D eigenvalue weighted by Gasteiger charge is 2.22. The fourth-order valence-electron chi connectivity index (χ4n) is 3.24. The molecule has 3 heterocycles. The molecule has 1 amide bonds. The van der Waals surface area contributed by atoms with Crippen molar-refractivity contribution < 1.29 is 4.79 Å². The molecule has 0 radical (unpaired) electrons. The van der Waals surface area contributed by atoms with E-state index < -0.39 is 0 Å². The number of hydrogen-bond donors (Lipinski definition) is 1. The van der Waals surface area contributed by atoms with Crippen LogP contribution in [0.5, 0.6) is 0 Å². The van der Waals surface area contributed by atoms with Crippen LogP contribution in [0.3, 0.4) is 0 Å². The third kappa shape index (κ3) is 4.61. The summed E-state index contributed by atoms with van der Waals surface area (Å²) in [5.41, 5.74) is 3.22. The third-order valence-electron chi connectivity index (χ3n) is 4.40. The van der Waals surface area contributed by atoms with Crippen LogP contribution in [0, 0.1) is 19.3 Å². The Morgan fingerprint density at radius 2 is 2.12 bits per heavy atom. The minimum Gasteiger partial charge on any atom is -0.363 e. The average Bonchev–Trinajstić information content (AvgIpc) is 2.92. The van der Waals surface area contributed by atoms with Gasteiger partial charge in [-0.05, 0) is 43.7 Å². The maximum atomic E-state index is 12.3. The van der Waals surface area contributed by atoms with E-state index in [1.54, 1.807) is 11.3 Å². The fourth-order valence-corrected chi connectivity index (χ4v) is 4.04. The Labute approximate surface area is 159 Å². The maximum Gasteiger partial charge on any atom is 0.226 e. The van der Waals surface area contributed by atoms with Gasteiger partial charge in [-0.25, -0.2) is 9.97 Å². The molecule has 1 aliphatic heterocycles. The van der Waals surface area contributed by atoms with Gasteiger partial charge in [0, 0.05) is 24.0 Å². The van der Waals surface area contributed by atoms with Gasteiger partial charge in [0.05, 0.1) is 17.9 Å². The van der Waals surface area contributed by atoms with Crippen LogP contribution in [0.1, 0.15) is 54.8 Å². The summed E-state index contributed by atoms with van der Waals surface area (Å²) in [7, 11) is 0. The van der Waals surface area contributed by atoms with Crippen LogP contribution in [-0.2, 0) is 17.8 Å². The summed E-state index contributed by atoms with van der Waals surface area (Å²) < 4.78 is 0. The predicted molar refractivity (Wildman–Crippen MR) is 108 cm³/mol. The number of carbonyl (C=O) groups excluding carboxylic acids is 1. The number of pyridine rings is 1. The number of nitrogens with zero attached hydrogens (tertiary/aromatic N) is 3. The first kappa shape index (κ1) is 18.8. The summed E-state index contributed by atoms with van der Waals surface area (Å²) in [6.07, 6.45) is 4.44. The first-order chi connectivity index (χ1) is 12.2. The minimum atomic E-state index is -0.0329. The Morgan fingerprint density at radius 1 is 1.35 bits per heavy atom. The van der Waals surface area contributed by atoms with Crippen molar-refractivity contribution in [3.05, 3.63) is 33.4 Å². The molecule has 0 atom stereocenters. The molecule has 0 aliphatic carbocycles. The van der Waals surface area contributed by atoms with E-state index in [1.807, 2.05) is 13.1 Å². The first-order valence-corrected chi connectivity index (χ1v) is 9.99. The lowest BCUT2D eigenvalue weighted by Crippen LogP contribution is -2.30. The van der Waals surface area contributed by atoms with Crippen LogP contribution in [0.4, 0.5) is 11.5 Å². The van der Waals surface area contributed by atoms with E-state index >= 15 is 0 Å². The van der Waals surface area contributed by atoms with Crippen molar-refractivity contribution >= 4 is 28.7 Å². The second-order valence-corrected chi connectivity index (χ2v) is 9.61. The highest BCUT2D eigenvalue weighted by molar-refractivity contribution is 7.11. The van der Waals surface area contributed by atoms with Gasteiger partial charge < -0.3 is 10.2 Å². The van der Waals surface area contributed by atoms with Crippen molar-refractivity contribution in [3.8, 4) is 0 Å². The normalized spacial score (nSPS) is 14.3. The quantitative estimate of drug-likeness (QED) is 0.859. The van der Waals surface area contributed by atoms with Crippen LogP contribution in [0.2, 0.25) is 0 Å². The van der Waals surface area contributed by atoms with Gasteiger partial charge in [-0.2, -0.15) is 0 Å². The lowest BCUT2D eigenvalue weighted by Gasteiger charge is -2.31. The van der Waals surface area contributed by atoms with Crippen molar-refractivity contribution in [2.75, 3.05) is 16.8 Å². The van der Waals surface area contributed by atoms with Crippen molar-refractivity contribution in [2.45, 2.75) is 60.4 Å². The molecule has 3 rings (SSSR count). The van der Waals surface area contributed by atoms with Crippen molar-refractivity contribution in [1.29, 1.82) is 0 Å². The molecule has 140 valence electrons. The Hall–Kier alpha value is -1.95. The van der Waals surface area contributed by atoms with E-state index in [1.165, 1.54) is 10.6 Å². The number of rotatable bonds is 4. The lowest BCUT2D eigenvalue weighted by atomic mass is 9.92. The molecular formula is C20H28N4OS. The molecular weight excluding hydrogens is 344 g/mol. The zero-order valence-electron chi connectivity index (χ0n) is 16.3. The molecule has 0 saturated heterocycles. The number of nitrogens with one attached hydrogen (secondary N) is 1. The van der Waals surface area contributed by atoms with Crippen LogP contribution in [-0.4, -0.2) is 22.4 Å². The number of hydrogen-bond acceptors (Lipinski definition) is 5. The smallest absolute Gasteiger partial charge is 0.226 e. The summed E-state index contributed by atoms with van der Waals surface area (Å²) in [6.45, 7) is 12.1. The van der Waals surface area contributed by atoms with E-state index in [0.717, 1.165) is 42.2 Å². The molecule has 0 aromatic carbocycles. The van der Waals surface area contributed by atoms with Crippen molar-refractivity contribution in [1.82, 2.24) is 9.97 Å². The Bertz CT molecular complexity index is 807. The van der Waals surface area contributed by atoms with Gasteiger partial charge in [0.15, 0.2) is 0 Å². The van der Waals surface area contributed by atoms with Crippen LogP contribution in [0.25, 0.3) is 0 Å². The van der Waals surface area contributed by atoms with E-state index in [9.17, 15) is 4.79 Å². The molecule has 0 unspecified atom stereocenters. The summed E-state index contributed by atoms with van der Waals surface area (Å²) in [5.74, 6) is 0.726. The average molecular weight is 373 g/mol. The van der Waals surface area contributed by atoms with Gasteiger partial charge in [-0.1, -0.05) is 20.8 Å². The van der Waals surface area contributed by atoms with Gasteiger partial charge in [0.1, 0.15) is 10.8 Å². The molecule has 0 saturated carbocycles. The summed E-state index contributed by atoms with van der Waals surface area (Å²) in [4.78, 5) is 25.2. The number of amides is 1. The second-order valence-electron chi connectivity index (χ2n) is 8.30. The zero-order valence-corrected chi connectivity index (χ0v) is 17.2. The SMILES string of the molecule is Cc1cnc(CN2CCCc3nc(NC(=O)CC(C)(C)C)c(C)cc32)s1. The number of fused-ring (bicyclic) bond motifs is 1. The van der Waals surface area contributed by atoms with Gasteiger partial charge in [0.2, 0.25) is 5.91 Å². The van der Waals surface area contributed by atoms with E-state index in [-0.39, 0.29) is 11.3 Å². The Morgan fingerprint density at radius 3 is 2.77 bits per heavy atom. The molecule has 0 fully saturated rings. The molecule has 2 aromatic heterocycles. The first-order valence-electron chi connectivity index (χ1n) is 9.18. The van der Waals surface area contributed by atoms with Gasteiger partial charge in [-0.15, -0.1) is 11.3 Å². The van der Waals surface area contributed by atoms with E-state index in [2.05, 4.69) is 49.0 Å². The van der Waals surface area contributed by atoms with Gasteiger partial charge in [-0.3, -0.25) is 4.79 Å². The molecule has 2 aromatic rings. The second kappa shape index (κ2) is 7.35. The summed E-state index contributed by atoms with van der Waals surface area (Å²) in [6, 6.07) is 2.16. The standard InChI is InChI=1S/C20H28N4OS/c1-13-9-16-15(22-19(13)23-17(25)10-20(3,4)5)7-6-8-24(16)12-18-21-11-14(2)26-18/h9,11H,6-8,10,12H2,1-5H3,(H,22,23,25). The summed E-state index contributed by atoms with van der Waals surface area (Å²) in [5, 5.41) is 4.14. The molecule has 6 heteroatoms.